The first-order valence-electron chi connectivity index (χ1n) is 9.91. The van der Waals surface area contributed by atoms with Gasteiger partial charge in [-0.2, -0.15) is 0 Å². The molecule has 1 aromatic heterocycles. The average molecular weight is 471 g/mol. The van der Waals surface area contributed by atoms with Crippen molar-refractivity contribution in [2.75, 3.05) is 20.2 Å². The number of piperidine rings is 1. The van der Waals surface area contributed by atoms with Crippen LogP contribution in [0.3, 0.4) is 0 Å². The predicted molar refractivity (Wildman–Crippen MR) is 119 cm³/mol. The topological polar surface area (TPSA) is 71.8 Å². The Kier molecular flexibility index (Phi) is 6.20. The second kappa shape index (κ2) is 9.02. The number of hydrogen-bond donors (Lipinski definition) is 1. The van der Waals surface area contributed by atoms with Crippen LogP contribution in [0, 0.1) is 0 Å². The SMILES string of the molecule is COc1ccc2c(=O)cc(C(=O)NC3CCN(Cc4cccc(Br)c4)CC3)oc2c1. The summed E-state index contributed by atoms with van der Waals surface area (Å²) in [4.78, 5) is 27.4. The van der Waals surface area contributed by atoms with Crippen LogP contribution in [0.5, 0.6) is 5.75 Å². The summed E-state index contributed by atoms with van der Waals surface area (Å²) in [5, 5.41) is 3.44. The lowest BCUT2D eigenvalue weighted by molar-refractivity contribution is 0.0881. The zero-order chi connectivity index (χ0) is 21.1. The third-order valence-electron chi connectivity index (χ3n) is 5.38. The standard InChI is InChI=1S/C23H23BrN2O4/c1-29-18-5-6-19-20(27)13-22(30-21(19)12-18)23(28)25-17-7-9-26(10-8-17)14-15-3-2-4-16(24)11-15/h2-6,11-13,17H,7-10,14H2,1H3,(H,25,28). The summed E-state index contributed by atoms with van der Waals surface area (Å²) >= 11 is 3.51. The van der Waals surface area contributed by atoms with E-state index in [1.54, 1.807) is 25.3 Å². The fourth-order valence-corrected chi connectivity index (χ4v) is 4.21. The summed E-state index contributed by atoms with van der Waals surface area (Å²) in [6.45, 7) is 2.69. The van der Waals surface area contributed by atoms with E-state index >= 15 is 0 Å². The summed E-state index contributed by atoms with van der Waals surface area (Å²) < 4.78 is 11.9. The predicted octanol–water partition coefficient (Wildman–Crippen LogP) is 3.96. The molecule has 4 rings (SSSR count). The Hall–Kier alpha value is -2.64. The highest BCUT2D eigenvalue weighted by molar-refractivity contribution is 9.10. The van der Waals surface area contributed by atoms with E-state index in [2.05, 4.69) is 38.3 Å². The molecule has 30 heavy (non-hydrogen) atoms. The Bertz CT molecular complexity index is 1120. The first-order valence-corrected chi connectivity index (χ1v) is 10.7. The van der Waals surface area contributed by atoms with E-state index in [0.717, 1.165) is 36.9 Å². The average Bonchev–Trinajstić information content (AvgIpc) is 2.74. The third-order valence-corrected chi connectivity index (χ3v) is 5.87. The smallest absolute Gasteiger partial charge is 0.287 e. The number of fused-ring (bicyclic) bond motifs is 1. The molecule has 7 heteroatoms. The monoisotopic (exact) mass is 470 g/mol. The maximum atomic E-state index is 12.7. The van der Waals surface area contributed by atoms with Crippen LogP contribution in [0.4, 0.5) is 0 Å². The minimum atomic E-state index is -0.359. The highest BCUT2D eigenvalue weighted by Crippen LogP contribution is 2.20. The van der Waals surface area contributed by atoms with E-state index in [9.17, 15) is 9.59 Å². The van der Waals surface area contributed by atoms with Gasteiger partial charge in [0.15, 0.2) is 11.2 Å². The van der Waals surface area contributed by atoms with Gasteiger partial charge >= 0.3 is 0 Å². The molecule has 1 N–H and O–H groups in total. The molecule has 0 radical (unpaired) electrons. The van der Waals surface area contributed by atoms with E-state index in [4.69, 9.17) is 9.15 Å². The van der Waals surface area contributed by atoms with Gasteiger partial charge in [-0.1, -0.05) is 28.1 Å². The fraction of sp³-hybridized carbons (Fsp3) is 0.304. The number of nitrogens with one attached hydrogen (secondary N) is 1. The zero-order valence-electron chi connectivity index (χ0n) is 16.7. The van der Waals surface area contributed by atoms with Gasteiger partial charge in [0.2, 0.25) is 0 Å². The number of methoxy groups -OCH3 is 1. The molecule has 3 aromatic rings. The van der Waals surface area contributed by atoms with Gasteiger partial charge < -0.3 is 14.5 Å². The van der Waals surface area contributed by atoms with Crippen molar-refractivity contribution in [3.63, 3.8) is 0 Å². The van der Waals surface area contributed by atoms with E-state index in [0.29, 0.717) is 16.7 Å². The Balaban J connectivity index is 1.38. The van der Waals surface area contributed by atoms with Crippen molar-refractivity contribution < 1.29 is 13.9 Å². The first-order chi connectivity index (χ1) is 14.5. The molecule has 0 saturated carbocycles. The molecule has 0 spiro atoms. The van der Waals surface area contributed by atoms with Crippen LogP contribution in [0.2, 0.25) is 0 Å². The molecular weight excluding hydrogens is 448 g/mol. The number of carbonyl (C=O) groups is 1. The minimum absolute atomic E-state index is 0.0253. The van der Waals surface area contributed by atoms with Gasteiger partial charge in [-0.05, 0) is 42.7 Å². The van der Waals surface area contributed by atoms with Crippen LogP contribution < -0.4 is 15.5 Å². The molecule has 1 fully saturated rings. The van der Waals surface area contributed by atoms with Gasteiger partial charge in [0.25, 0.3) is 5.91 Å². The van der Waals surface area contributed by atoms with Gasteiger partial charge in [0.05, 0.1) is 12.5 Å². The van der Waals surface area contributed by atoms with Crippen LogP contribution in [0.25, 0.3) is 11.0 Å². The summed E-state index contributed by atoms with van der Waals surface area (Å²) in [6.07, 6.45) is 1.71. The molecule has 1 aliphatic heterocycles. The number of benzene rings is 2. The number of halogens is 1. The highest BCUT2D eigenvalue weighted by Gasteiger charge is 2.22. The van der Waals surface area contributed by atoms with Crippen molar-refractivity contribution >= 4 is 32.8 Å². The Morgan fingerprint density at radius 2 is 2.00 bits per heavy atom. The molecule has 2 heterocycles. The molecule has 0 aliphatic carbocycles. The fourth-order valence-electron chi connectivity index (χ4n) is 3.76. The van der Waals surface area contributed by atoms with Gasteiger partial charge in [-0.3, -0.25) is 14.5 Å². The van der Waals surface area contributed by atoms with E-state index in [-0.39, 0.29) is 23.1 Å². The molecule has 1 amide bonds. The maximum absolute atomic E-state index is 12.7. The van der Waals surface area contributed by atoms with Crippen LogP contribution in [-0.2, 0) is 6.54 Å². The number of hydrogen-bond acceptors (Lipinski definition) is 5. The Morgan fingerprint density at radius 1 is 1.20 bits per heavy atom. The molecule has 6 nitrogen and oxygen atoms in total. The van der Waals surface area contributed by atoms with Crippen molar-refractivity contribution in [2.45, 2.75) is 25.4 Å². The summed E-state index contributed by atoms with van der Waals surface area (Å²) in [7, 11) is 1.54. The summed E-state index contributed by atoms with van der Waals surface area (Å²) in [6, 6.07) is 14.6. The second-order valence-electron chi connectivity index (χ2n) is 7.49. The molecule has 0 atom stereocenters. The molecule has 156 valence electrons. The largest absolute Gasteiger partial charge is 0.497 e. The molecule has 0 unspecified atom stereocenters. The lowest BCUT2D eigenvalue weighted by atomic mass is 10.0. The summed E-state index contributed by atoms with van der Waals surface area (Å²) in [5.41, 5.74) is 1.36. The molecule has 2 aromatic carbocycles. The number of carbonyl (C=O) groups excluding carboxylic acids is 1. The lowest BCUT2D eigenvalue weighted by Crippen LogP contribution is -2.44. The van der Waals surface area contributed by atoms with Crippen LogP contribution in [0.15, 0.2) is 62.2 Å². The van der Waals surface area contributed by atoms with E-state index in [1.807, 2.05) is 12.1 Å². The zero-order valence-corrected chi connectivity index (χ0v) is 18.3. The first kappa shape index (κ1) is 20.6. The normalized spacial score (nSPS) is 15.3. The van der Waals surface area contributed by atoms with Crippen molar-refractivity contribution in [3.8, 4) is 5.75 Å². The van der Waals surface area contributed by atoms with Crippen LogP contribution >= 0.6 is 15.9 Å². The molecular formula is C23H23BrN2O4. The molecule has 1 aliphatic rings. The number of amides is 1. The van der Waals surface area contributed by atoms with Crippen molar-refractivity contribution in [1.82, 2.24) is 10.2 Å². The Morgan fingerprint density at radius 3 is 2.73 bits per heavy atom. The minimum Gasteiger partial charge on any atom is -0.497 e. The van der Waals surface area contributed by atoms with E-state index < -0.39 is 0 Å². The van der Waals surface area contributed by atoms with Crippen molar-refractivity contribution in [1.29, 1.82) is 0 Å². The van der Waals surface area contributed by atoms with Gasteiger partial charge in [0, 0.05) is 42.3 Å². The second-order valence-corrected chi connectivity index (χ2v) is 8.41. The molecule has 0 bridgehead atoms. The number of nitrogens with zero attached hydrogens (tertiary/aromatic N) is 1. The number of likely N-dealkylation sites (tertiary alicyclic amines) is 1. The maximum Gasteiger partial charge on any atom is 0.287 e. The van der Waals surface area contributed by atoms with Gasteiger partial charge in [0.1, 0.15) is 11.3 Å². The Labute approximate surface area is 183 Å². The highest BCUT2D eigenvalue weighted by atomic mass is 79.9. The lowest BCUT2D eigenvalue weighted by Gasteiger charge is -2.32. The summed E-state index contributed by atoms with van der Waals surface area (Å²) in [5.74, 6) is 0.237. The van der Waals surface area contributed by atoms with Crippen molar-refractivity contribution in [3.05, 3.63) is 74.6 Å². The van der Waals surface area contributed by atoms with Gasteiger partial charge in [-0.25, -0.2) is 0 Å². The van der Waals surface area contributed by atoms with E-state index in [1.165, 1.54) is 11.6 Å². The van der Waals surface area contributed by atoms with Crippen LogP contribution in [-0.4, -0.2) is 37.0 Å². The van der Waals surface area contributed by atoms with Crippen LogP contribution in [0.1, 0.15) is 29.0 Å². The number of ether oxygens (including phenoxy) is 1. The number of rotatable bonds is 5. The molecule has 1 saturated heterocycles. The third kappa shape index (κ3) is 4.74. The van der Waals surface area contributed by atoms with Gasteiger partial charge in [-0.15, -0.1) is 0 Å². The van der Waals surface area contributed by atoms with Crippen molar-refractivity contribution in [2.24, 2.45) is 0 Å². The quantitative estimate of drug-likeness (QED) is 0.610.